The Labute approximate surface area is 276 Å². The van der Waals surface area contributed by atoms with E-state index in [1.54, 1.807) is 19.2 Å². The summed E-state index contributed by atoms with van der Waals surface area (Å²) in [7, 11) is 3.22. The van der Waals surface area contributed by atoms with Crippen LogP contribution in [-0.2, 0) is 32.0 Å². The molecule has 3 aromatic carbocycles. The van der Waals surface area contributed by atoms with Crippen LogP contribution in [0.2, 0.25) is 0 Å². The highest BCUT2D eigenvalue weighted by molar-refractivity contribution is 6.06. The minimum absolute atomic E-state index is 0.0554. The predicted octanol–water partition coefficient (Wildman–Crippen LogP) is 3.26. The van der Waals surface area contributed by atoms with Crippen molar-refractivity contribution in [1.82, 2.24) is 20.9 Å². The van der Waals surface area contributed by atoms with Crippen LogP contribution in [0.15, 0.2) is 84.9 Å². The highest BCUT2D eigenvalue weighted by Crippen LogP contribution is 2.19. The normalized spacial score (nSPS) is 13.5. The average molecular weight is 644 g/mol. The molecule has 47 heavy (non-hydrogen) atoms. The maximum atomic E-state index is 14.1. The first kappa shape index (κ1) is 36.4. The molecule has 5 N–H and O–H groups in total. The van der Waals surface area contributed by atoms with Crippen molar-refractivity contribution < 1.29 is 29.1 Å². The van der Waals surface area contributed by atoms with Crippen molar-refractivity contribution in [3.05, 3.63) is 102 Å². The second kappa shape index (κ2) is 17.6. The summed E-state index contributed by atoms with van der Waals surface area (Å²) in [6.45, 7) is 5.24. The van der Waals surface area contributed by atoms with Gasteiger partial charge in [0.1, 0.15) is 18.1 Å². The Bertz CT molecular complexity index is 1510. The standard InChI is InChI=1S/C36H45N5O6/c1-23(2)20-30(40-33(43)29(37-4)21-25-14-8-6-9-15-25)35(45)41(5)31(22-26-16-10-7-11-17-26)34(44)39-28-19-13-12-18-27(28)32(42)38-24(3)36(46)47/h6-19,23-24,29-31,37H,20-22H2,1-5H3,(H,38,42)(H,39,44)(H,40,43)(H,46,47)/t24-,29-,30-,31-/m0/s1. The van der Waals surface area contributed by atoms with E-state index in [-0.39, 0.29) is 29.5 Å². The minimum Gasteiger partial charge on any atom is -0.480 e. The molecule has 11 heteroatoms. The molecule has 0 fully saturated rings. The maximum absolute atomic E-state index is 14.1. The van der Waals surface area contributed by atoms with Gasteiger partial charge in [-0.1, -0.05) is 86.6 Å². The predicted molar refractivity (Wildman–Crippen MR) is 181 cm³/mol. The van der Waals surface area contributed by atoms with Crippen LogP contribution in [0.3, 0.4) is 0 Å². The largest absolute Gasteiger partial charge is 0.480 e. The Morgan fingerprint density at radius 1 is 0.723 bits per heavy atom. The highest BCUT2D eigenvalue weighted by atomic mass is 16.4. The molecule has 4 atom stereocenters. The third-order valence-corrected chi connectivity index (χ3v) is 7.81. The smallest absolute Gasteiger partial charge is 0.325 e. The van der Waals surface area contributed by atoms with Gasteiger partial charge in [0.25, 0.3) is 5.91 Å². The van der Waals surface area contributed by atoms with Crippen LogP contribution in [0, 0.1) is 5.92 Å². The molecule has 0 aliphatic heterocycles. The number of carbonyl (C=O) groups excluding carboxylic acids is 4. The van der Waals surface area contributed by atoms with E-state index in [1.807, 2.05) is 74.5 Å². The Hall–Kier alpha value is -5.03. The molecule has 0 saturated carbocycles. The molecule has 0 unspecified atom stereocenters. The van der Waals surface area contributed by atoms with Crippen molar-refractivity contribution >= 4 is 35.3 Å². The first-order chi connectivity index (χ1) is 22.4. The van der Waals surface area contributed by atoms with Crippen molar-refractivity contribution in [3.8, 4) is 0 Å². The minimum atomic E-state index is -1.20. The van der Waals surface area contributed by atoms with Gasteiger partial charge in [-0.2, -0.15) is 0 Å². The molecule has 3 rings (SSSR count). The molecule has 0 heterocycles. The molecule has 0 aromatic heterocycles. The van der Waals surface area contributed by atoms with Gasteiger partial charge in [0, 0.05) is 13.5 Å². The summed E-state index contributed by atoms with van der Waals surface area (Å²) in [6.07, 6.45) is 0.939. The molecule has 0 saturated heterocycles. The number of hydrogen-bond acceptors (Lipinski definition) is 6. The number of nitrogens with zero attached hydrogens (tertiary/aromatic N) is 1. The van der Waals surface area contributed by atoms with E-state index in [0.717, 1.165) is 11.1 Å². The molecular formula is C36H45N5O6. The van der Waals surface area contributed by atoms with Gasteiger partial charge in [0.15, 0.2) is 0 Å². The molecule has 0 spiro atoms. The van der Waals surface area contributed by atoms with Gasteiger partial charge in [0.05, 0.1) is 17.3 Å². The van der Waals surface area contributed by atoms with Crippen molar-refractivity contribution in [2.45, 2.75) is 64.2 Å². The van der Waals surface area contributed by atoms with E-state index >= 15 is 0 Å². The summed E-state index contributed by atoms with van der Waals surface area (Å²) < 4.78 is 0. The fourth-order valence-corrected chi connectivity index (χ4v) is 5.13. The van der Waals surface area contributed by atoms with Crippen LogP contribution in [0.1, 0.15) is 48.7 Å². The zero-order valence-corrected chi connectivity index (χ0v) is 27.5. The number of likely N-dealkylation sites (N-methyl/N-ethyl adjacent to an activating group) is 2. The fourth-order valence-electron chi connectivity index (χ4n) is 5.13. The lowest BCUT2D eigenvalue weighted by atomic mass is 9.98. The molecular weight excluding hydrogens is 598 g/mol. The van der Waals surface area contributed by atoms with Crippen molar-refractivity contribution in [3.63, 3.8) is 0 Å². The molecule has 0 aliphatic rings. The number of amides is 4. The van der Waals surface area contributed by atoms with Crippen molar-refractivity contribution in [2.75, 3.05) is 19.4 Å². The summed E-state index contributed by atoms with van der Waals surface area (Å²) in [5.41, 5.74) is 2.01. The van der Waals surface area contributed by atoms with Gasteiger partial charge < -0.3 is 31.3 Å². The van der Waals surface area contributed by atoms with Crippen LogP contribution in [-0.4, -0.2) is 77.9 Å². The Kier molecular flexibility index (Phi) is 13.7. The number of nitrogens with one attached hydrogen (secondary N) is 4. The number of carboxylic acids is 1. The highest BCUT2D eigenvalue weighted by Gasteiger charge is 2.34. The summed E-state index contributed by atoms with van der Waals surface area (Å²) >= 11 is 0. The molecule has 11 nitrogen and oxygen atoms in total. The summed E-state index contributed by atoms with van der Waals surface area (Å²) in [4.78, 5) is 67.1. The molecule has 0 aliphatic carbocycles. The molecule has 0 bridgehead atoms. The van der Waals surface area contributed by atoms with Crippen molar-refractivity contribution in [2.24, 2.45) is 5.92 Å². The Balaban J connectivity index is 1.88. The molecule has 4 amide bonds. The molecule has 0 radical (unpaired) electrons. The topological polar surface area (TPSA) is 157 Å². The van der Waals surface area contributed by atoms with Crippen molar-refractivity contribution in [1.29, 1.82) is 0 Å². The summed E-state index contributed by atoms with van der Waals surface area (Å²) in [5, 5.41) is 20.4. The number of aliphatic carboxylic acids is 1. The maximum Gasteiger partial charge on any atom is 0.325 e. The van der Waals surface area contributed by atoms with E-state index in [2.05, 4.69) is 21.3 Å². The van der Waals surface area contributed by atoms with Gasteiger partial charge in [-0.3, -0.25) is 24.0 Å². The zero-order valence-electron chi connectivity index (χ0n) is 27.5. The third kappa shape index (κ3) is 10.8. The third-order valence-electron chi connectivity index (χ3n) is 7.81. The van der Waals surface area contributed by atoms with Gasteiger partial charge in [-0.25, -0.2) is 0 Å². The number of carboxylic acid groups (broad SMARTS) is 1. The lowest BCUT2D eigenvalue weighted by molar-refractivity contribution is -0.141. The number of carbonyl (C=O) groups is 5. The average Bonchev–Trinajstić information content (AvgIpc) is 3.05. The SMILES string of the molecule is CN[C@@H](Cc1ccccc1)C(=O)N[C@@H](CC(C)C)C(=O)N(C)[C@@H](Cc1ccccc1)C(=O)Nc1ccccc1C(=O)N[C@@H](C)C(=O)O. The van der Waals surface area contributed by atoms with Crippen LogP contribution in [0.5, 0.6) is 0 Å². The quantitative estimate of drug-likeness (QED) is 0.160. The van der Waals surface area contributed by atoms with Crippen LogP contribution in [0.25, 0.3) is 0 Å². The number of rotatable bonds is 16. The van der Waals surface area contributed by atoms with E-state index in [9.17, 15) is 29.1 Å². The number of para-hydroxylation sites is 1. The van der Waals surface area contributed by atoms with Crippen LogP contribution >= 0.6 is 0 Å². The molecule has 3 aromatic rings. The zero-order chi connectivity index (χ0) is 34.5. The first-order valence-electron chi connectivity index (χ1n) is 15.7. The first-order valence-corrected chi connectivity index (χ1v) is 15.7. The lowest BCUT2D eigenvalue weighted by Gasteiger charge is -2.32. The monoisotopic (exact) mass is 643 g/mol. The number of benzene rings is 3. The fraction of sp³-hybridized carbons (Fsp3) is 0.361. The van der Waals surface area contributed by atoms with Gasteiger partial charge in [-0.05, 0) is 56.0 Å². The lowest BCUT2D eigenvalue weighted by Crippen LogP contribution is -2.56. The van der Waals surface area contributed by atoms with Crippen LogP contribution < -0.4 is 21.3 Å². The van der Waals surface area contributed by atoms with E-state index in [0.29, 0.717) is 12.8 Å². The van der Waals surface area contributed by atoms with Crippen LogP contribution in [0.4, 0.5) is 5.69 Å². The Morgan fingerprint density at radius 3 is 1.83 bits per heavy atom. The number of hydrogen-bond donors (Lipinski definition) is 5. The Morgan fingerprint density at radius 2 is 1.28 bits per heavy atom. The van der Waals surface area contributed by atoms with E-state index in [4.69, 9.17) is 0 Å². The number of anilines is 1. The second-order valence-electron chi connectivity index (χ2n) is 11.9. The van der Waals surface area contributed by atoms with Gasteiger partial charge in [-0.15, -0.1) is 0 Å². The van der Waals surface area contributed by atoms with Gasteiger partial charge >= 0.3 is 5.97 Å². The van der Waals surface area contributed by atoms with E-state index in [1.165, 1.54) is 31.0 Å². The second-order valence-corrected chi connectivity index (χ2v) is 11.9. The molecule has 250 valence electrons. The summed E-state index contributed by atoms with van der Waals surface area (Å²) in [5.74, 6) is -3.13. The van der Waals surface area contributed by atoms with E-state index < -0.39 is 47.9 Å². The summed E-state index contributed by atoms with van der Waals surface area (Å²) in [6, 6.07) is 21.4. The van der Waals surface area contributed by atoms with Gasteiger partial charge in [0.2, 0.25) is 17.7 Å².